The monoisotopic (exact) mass is 570 g/mol. The van der Waals surface area contributed by atoms with Gasteiger partial charge in [0.05, 0.1) is 25.0 Å². The maximum Gasteiger partial charge on any atom is 0.490 e. The summed E-state index contributed by atoms with van der Waals surface area (Å²) < 4.78 is 75.2. The second-order valence-electron chi connectivity index (χ2n) is 9.00. The molecular weight excluding hydrogens is 542 g/mol. The minimum absolute atomic E-state index is 0.0172. The summed E-state index contributed by atoms with van der Waals surface area (Å²) in [7, 11) is 2.16. The van der Waals surface area contributed by atoms with Gasteiger partial charge in [-0.25, -0.2) is 19.6 Å². The molecule has 218 valence electrons. The number of hydrogen-bond donors (Lipinski definition) is 2. The van der Waals surface area contributed by atoms with Crippen LogP contribution in [0.2, 0.25) is 0 Å². The third kappa shape index (κ3) is 10.0. The van der Waals surface area contributed by atoms with Crippen molar-refractivity contribution in [1.82, 2.24) is 14.9 Å². The van der Waals surface area contributed by atoms with Crippen molar-refractivity contribution < 1.29 is 55.3 Å². The van der Waals surface area contributed by atoms with E-state index in [2.05, 4.69) is 26.8 Å². The van der Waals surface area contributed by atoms with Crippen molar-refractivity contribution in [3.05, 3.63) is 42.1 Å². The fourth-order valence-corrected chi connectivity index (χ4v) is 3.89. The van der Waals surface area contributed by atoms with Gasteiger partial charge >= 0.3 is 24.3 Å². The summed E-state index contributed by atoms with van der Waals surface area (Å²) in [4.78, 5) is 31.3. The standard InChI is InChI=1S/C19H26N4O2.2C2HF3O2/c1-15-11-20-18(21-12-15)23-7-5-19(6-8-23)10-16(14-25-19)22(2)13-17-4-3-9-24-17;2*3-2(4,5)1(6)7/h3-4,9,11-12,16H,5-8,10,13-14H2,1-2H3;2*(H,6,7). The van der Waals surface area contributed by atoms with Crippen molar-refractivity contribution in [3.63, 3.8) is 0 Å². The summed E-state index contributed by atoms with van der Waals surface area (Å²) in [6.07, 6.45) is -1.49. The molecule has 2 aliphatic rings. The molecule has 2 N–H and O–H groups in total. The molecule has 10 nitrogen and oxygen atoms in total. The number of rotatable bonds is 4. The molecule has 2 aromatic heterocycles. The second kappa shape index (κ2) is 13.1. The number of aromatic nitrogens is 2. The summed E-state index contributed by atoms with van der Waals surface area (Å²) in [6.45, 7) is 5.56. The zero-order valence-electron chi connectivity index (χ0n) is 21.0. The third-order valence-electron chi connectivity index (χ3n) is 6.01. The highest BCUT2D eigenvalue weighted by atomic mass is 19.4. The molecule has 16 heteroatoms. The number of aliphatic carboxylic acids is 2. The van der Waals surface area contributed by atoms with E-state index in [-0.39, 0.29) is 5.60 Å². The first-order valence-electron chi connectivity index (χ1n) is 11.5. The Bertz CT molecular complexity index is 1030. The minimum atomic E-state index is -5.08. The number of carboxylic acid groups (broad SMARTS) is 2. The lowest BCUT2D eigenvalue weighted by atomic mass is 9.87. The van der Waals surface area contributed by atoms with E-state index in [1.807, 2.05) is 31.5 Å². The SMILES string of the molecule is Cc1cnc(N2CCC3(CC2)CC(N(C)Cc2ccco2)CO3)nc1.O=C(O)C(F)(F)F.O=C(O)C(F)(F)F. The molecule has 0 aromatic carbocycles. The van der Waals surface area contributed by atoms with Crippen molar-refractivity contribution in [1.29, 1.82) is 0 Å². The van der Waals surface area contributed by atoms with Gasteiger partial charge in [0.25, 0.3) is 0 Å². The van der Waals surface area contributed by atoms with E-state index in [0.29, 0.717) is 6.04 Å². The van der Waals surface area contributed by atoms with Crippen molar-refractivity contribution >= 4 is 17.9 Å². The van der Waals surface area contributed by atoms with Gasteiger partial charge in [-0.15, -0.1) is 0 Å². The molecule has 39 heavy (non-hydrogen) atoms. The lowest BCUT2D eigenvalue weighted by Gasteiger charge is -2.38. The van der Waals surface area contributed by atoms with E-state index in [4.69, 9.17) is 29.0 Å². The number of piperidine rings is 1. The molecule has 4 rings (SSSR count). The van der Waals surface area contributed by atoms with Crippen LogP contribution in [0.15, 0.2) is 35.2 Å². The molecule has 4 heterocycles. The molecule has 0 radical (unpaired) electrons. The number of aryl methyl sites for hydroxylation is 1. The summed E-state index contributed by atoms with van der Waals surface area (Å²) in [6, 6.07) is 4.42. The summed E-state index contributed by atoms with van der Waals surface area (Å²) in [5.41, 5.74) is 1.11. The van der Waals surface area contributed by atoms with Gasteiger partial charge in [-0.05, 0) is 50.9 Å². The van der Waals surface area contributed by atoms with Crippen LogP contribution in [0.3, 0.4) is 0 Å². The Balaban J connectivity index is 0.000000317. The van der Waals surface area contributed by atoms with Crippen LogP contribution in [0, 0.1) is 6.92 Å². The van der Waals surface area contributed by atoms with Gasteiger partial charge in [0, 0.05) is 31.5 Å². The molecule has 1 atom stereocenters. The van der Waals surface area contributed by atoms with E-state index in [9.17, 15) is 26.3 Å². The Kier molecular flexibility index (Phi) is 10.7. The van der Waals surface area contributed by atoms with Crippen LogP contribution < -0.4 is 4.90 Å². The zero-order valence-corrected chi connectivity index (χ0v) is 21.0. The van der Waals surface area contributed by atoms with Gasteiger partial charge in [0.15, 0.2) is 0 Å². The highest BCUT2D eigenvalue weighted by molar-refractivity contribution is 5.73. The number of halogens is 6. The van der Waals surface area contributed by atoms with E-state index in [1.165, 1.54) is 0 Å². The number of hydrogen-bond acceptors (Lipinski definition) is 8. The Morgan fingerprint density at radius 3 is 2.03 bits per heavy atom. The lowest BCUT2D eigenvalue weighted by Crippen LogP contribution is -2.45. The van der Waals surface area contributed by atoms with Crippen LogP contribution >= 0.6 is 0 Å². The Morgan fingerprint density at radius 2 is 1.59 bits per heavy atom. The average molecular weight is 570 g/mol. The average Bonchev–Trinajstić information content (AvgIpc) is 3.50. The molecule has 2 saturated heterocycles. The van der Waals surface area contributed by atoms with Crippen molar-refractivity contribution in [2.45, 2.75) is 56.7 Å². The number of nitrogens with zero attached hydrogens (tertiary/aromatic N) is 4. The van der Waals surface area contributed by atoms with Crippen molar-refractivity contribution in [2.24, 2.45) is 0 Å². The summed E-state index contributed by atoms with van der Waals surface area (Å²) in [5.74, 6) is -3.67. The molecule has 0 bridgehead atoms. The number of carboxylic acids is 2. The largest absolute Gasteiger partial charge is 0.490 e. The smallest absolute Gasteiger partial charge is 0.475 e. The Morgan fingerprint density at radius 1 is 1.08 bits per heavy atom. The lowest BCUT2D eigenvalue weighted by molar-refractivity contribution is -0.193. The van der Waals surface area contributed by atoms with Crippen molar-refractivity contribution in [3.8, 4) is 0 Å². The van der Waals surface area contributed by atoms with Crippen LogP contribution in [-0.2, 0) is 20.9 Å². The minimum Gasteiger partial charge on any atom is -0.475 e. The fourth-order valence-electron chi connectivity index (χ4n) is 3.89. The molecule has 2 aromatic rings. The molecule has 1 spiro atoms. The van der Waals surface area contributed by atoms with Gasteiger partial charge < -0.3 is 24.3 Å². The molecule has 1 unspecified atom stereocenters. The number of likely N-dealkylation sites (N-methyl/N-ethyl adjacent to an activating group) is 1. The third-order valence-corrected chi connectivity index (χ3v) is 6.01. The van der Waals surface area contributed by atoms with Crippen LogP contribution in [0.5, 0.6) is 0 Å². The molecule has 0 saturated carbocycles. The highest BCUT2D eigenvalue weighted by Crippen LogP contribution is 2.38. The summed E-state index contributed by atoms with van der Waals surface area (Å²) >= 11 is 0. The van der Waals surface area contributed by atoms with Crippen molar-refractivity contribution in [2.75, 3.05) is 31.6 Å². The quantitative estimate of drug-likeness (QED) is 0.522. The Hall–Kier alpha value is -3.40. The van der Waals surface area contributed by atoms with E-state index in [1.54, 1.807) is 6.26 Å². The first-order chi connectivity index (χ1) is 18.0. The summed E-state index contributed by atoms with van der Waals surface area (Å²) in [5, 5.41) is 14.2. The van der Waals surface area contributed by atoms with Crippen LogP contribution in [0.4, 0.5) is 32.3 Å². The predicted molar refractivity (Wildman–Crippen MR) is 123 cm³/mol. The zero-order chi connectivity index (χ0) is 29.4. The highest BCUT2D eigenvalue weighted by Gasteiger charge is 2.44. The van der Waals surface area contributed by atoms with Gasteiger partial charge in [-0.3, -0.25) is 4.90 Å². The number of ether oxygens (including phenoxy) is 1. The maximum atomic E-state index is 10.6. The van der Waals surface area contributed by atoms with Gasteiger partial charge in [-0.1, -0.05) is 0 Å². The number of anilines is 1. The first-order valence-corrected chi connectivity index (χ1v) is 11.5. The van der Waals surface area contributed by atoms with E-state index < -0.39 is 24.3 Å². The fraction of sp³-hybridized carbons (Fsp3) is 0.565. The van der Waals surface area contributed by atoms with Crippen LogP contribution in [0.25, 0.3) is 0 Å². The molecule has 2 aliphatic heterocycles. The van der Waals surface area contributed by atoms with Crippen LogP contribution in [-0.4, -0.2) is 87.8 Å². The topological polar surface area (TPSA) is 129 Å². The normalized spacial score (nSPS) is 18.7. The van der Waals surface area contributed by atoms with Crippen LogP contribution in [0.1, 0.15) is 30.6 Å². The molecule has 0 amide bonds. The maximum absolute atomic E-state index is 10.6. The van der Waals surface area contributed by atoms with E-state index >= 15 is 0 Å². The van der Waals surface area contributed by atoms with Gasteiger partial charge in [0.2, 0.25) is 5.95 Å². The Labute approximate surface area is 219 Å². The number of furan rings is 1. The number of alkyl halides is 6. The van der Waals surface area contributed by atoms with E-state index in [0.717, 1.165) is 62.8 Å². The molecule has 2 fully saturated rings. The molecular formula is C23H28F6N4O6. The van der Waals surface area contributed by atoms with Gasteiger partial charge in [0.1, 0.15) is 5.76 Å². The number of carbonyl (C=O) groups is 2. The van der Waals surface area contributed by atoms with Gasteiger partial charge in [-0.2, -0.15) is 26.3 Å². The first kappa shape index (κ1) is 31.8. The molecule has 0 aliphatic carbocycles. The predicted octanol–water partition coefficient (Wildman–Crippen LogP) is 3.90. The second-order valence-corrected chi connectivity index (χ2v) is 9.00.